The average molecular weight is 569 g/mol. The molecule has 1 aliphatic heterocycles. The van der Waals surface area contributed by atoms with Crippen LogP contribution in [0.25, 0.3) is 0 Å². The van der Waals surface area contributed by atoms with E-state index in [0.29, 0.717) is 45.6 Å². The Morgan fingerprint density at radius 2 is 1.74 bits per heavy atom. The molecule has 1 unspecified atom stereocenters. The third-order valence-corrected chi connectivity index (χ3v) is 7.94. The summed E-state index contributed by atoms with van der Waals surface area (Å²) in [6, 6.07) is 19.9. The predicted molar refractivity (Wildman–Crippen MR) is 155 cm³/mol. The summed E-state index contributed by atoms with van der Waals surface area (Å²) in [5, 5.41) is 8.06. The number of fused-ring (bicyclic) bond motifs is 1. The molecule has 8 heteroatoms. The minimum atomic E-state index is -0.583. The molecule has 1 atom stereocenters. The van der Waals surface area contributed by atoms with Crippen LogP contribution in [-0.2, 0) is 16.1 Å². The number of ketones is 1. The van der Waals surface area contributed by atoms with Gasteiger partial charge in [0.05, 0.1) is 24.0 Å². The van der Waals surface area contributed by atoms with Gasteiger partial charge < -0.3 is 15.5 Å². The molecule has 0 radical (unpaired) electrons. The van der Waals surface area contributed by atoms with Crippen LogP contribution < -0.4 is 15.5 Å². The largest absolute Gasteiger partial charge is 0.357 e. The number of carbonyl (C=O) groups excluding carboxylic acids is 2. The zero-order valence-electron chi connectivity index (χ0n) is 21.2. The van der Waals surface area contributed by atoms with E-state index in [4.69, 9.17) is 34.8 Å². The molecule has 196 valence electrons. The standard InChI is InChI=1S/C30H28Cl3N3O2/c1-30(2)14-24-28(26(37)15-30)29(20-12-11-19(31)13-22(20)33)36(25-10-6-5-9-23(25)35-24)17-27(38)34-16-18-7-3-4-8-21(18)32/h3-13,29,35H,14-17H2,1-2H3,(H,34,38). The van der Waals surface area contributed by atoms with E-state index in [1.807, 2.05) is 53.4 Å². The number of carbonyl (C=O) groups is 2. The molecule has 38 heavy (non-hydrogen) atoms. The lowest BCUT2D eigenvalue weighted by molar-refractivity contribution is -0.120. The molecule has 1 heterocycles. The number of hydrogen-bond donors (Lipinski definition) is 2. The van der Waals surface area contributed by atoms with Crippen molar-refractivity contribution in [3.63, 3.8) is 0 Å². The molecule has 5 rings (SSSR count). The van der Waals surface area contributed by atoms with Gasteiger partial charge in [-0.3, -0.25) is 9.59 Å². The Labute approximate surface area is 237 Å². The maximum Gasteiger partial charge on any atom is 0.239 e. The number of amides is 1. The first-order chi connectivity index (χ1) is 18.1. The van der Waals surface area contributed by atoms with E-state index in [0.717, 1.165) is 22.6 Å². The smallest absolute Gasteiger partial charge is 0.239 e. The summed E-state index contributed by atoms with van der Waals surface area (Å²) in [6.07, 6.45) is 1.09. The van der Waals surface area contributed by atoms with E-state index in [-0.39, 0.29) is 23.7 Å². The average Bonchev–Trinajstić information content (AvgIpc) is 2.97. The van der Waals surface area contributed by atoms with Crippen LogP contribution in [0.5, 0.6) is 0 Å². The van der Waals surface area contributed by atoms with Crippen LogP contribution in [0.1, 0.15) is 43.9 Å². The minimum absolute atomic E-state index is 0.000219. The highest BCUT2D eigenvalue weighted by molar-refractivity contribution is 6.35. The van der Waals surface area contributed by atoms with Crippen molar-refractivity contribution in [2.24, 2.45) is 5.41 Å². The summed E-state index contributed by atoms with van der Waals surface area (Å²) >= 11 is 19.3. The number of nitrogens with zero attached hydrogens (tertiary/aromatic N) is 1. The number of halogens is 3. The molecule has 0 bridgehead atoms. The number of allylic oxidation sites excluding steroid dienone is 1. The van der Waals surface area contributed by atoms with Crippen molar-refractivity contribution < 1.29 is 9.59 Å². The topological polar surface area (TPSA) is 61.4 Å². The molecule has 0 aromatic heterocycles. The normalized spacial score (nSPS) is 18.3. The Kier molecular flexibility index (Phi) is 7.45. The van der Waals surface area contributed by atoms with Crippen molar-refractivity contribution in [2.45, 2.75) is 39.3 Å². The number of rotatable bonds is 5. The highest BCUT2D eigenvalue weighted by atomic mass is 35.5. The van der Waals surface area contributed by atoms with E-state index in [1.54, 1.807) is 18.2 Å². The predicted octanol–water partition coefficient (Wildman–Crippen LogP) is 7.58. The quantitative estimate of drug-likeness (QED) is 0.333. The van der Waals surface area contributed by atoms with Crippen LogP contribution >= 0.6 is 34.8 Å². The second-order valence-corrected chi connectivity index (χ2v) is 11.8. The highest BCUT2D eigenvalue weighted by Gasteiger charge is 2.42. The molecule has 0 saturated heterocycles. The van der Waals surface area contributed by atoms with Crippen LogP contribution in [0, 0.1) is 5.41 Å². The summed E-state index contributed by atoms with van der Waals surface area (Å²) in [4.78, 5) is 29.1. The van der Waals surface area contributed by atoms with Crippen LogP contribution in [0.15, 0.2) is 78.0 Å². The maximum absolute atomic E-state index is 13.8. The van der Waals surface area contributed by atoms with Gasteiger partial charge in [-0.1, -0.05) is 85.0 Å². The Morgan fingerprint density at radius 1 is 1.00 bits per heavy atom. The highest BCUT2D eigenvalue weighted by Crippen LogP contribution is 2.49. The zero-order valence-corrected chi connectivity index (χ0v) is 23.4. The van der Waals surface area contributed by atoms with E-state index < -0.39 is 6.04 Å². The van der Waals surface area contributed by atoms with Crippen molar-refractivity contribution in [3.05, 3.63) is 104 Å². The molecule has 1 amide bonds. The molecule has 3 aromatic carbocycles. The molecule has 3 aromatic rings. The lowest BCUT2D eigenvalue weighted by Crippen LogP contribution is -2.42. The molecule has 2 aliphatic rings. The first-order valence-electron chi connectivity index (χ1n) is 12.5. The van der Waals surface area contributed by atoms with Crippen molar-refractivity contribution >= 4 is 57.9 Å². The third kappa shape index (κ3) is 5.42. The number of nitrogens with one attached hydrogen (secondary N) is 2. The van der Waals surface area contributed by atoms with Gasteiger partial charge in [0, 0.05) is 39.3 Å². The van der Waals surface area contributed by atoms with Gasteiger partial charge in [-0.05, 0) is 53.3 Å². The molecule has 0 fully saturated rings. The van der Waals surface area contributed by atoms with Crippen molar-refractivity contribution in [1.82, 2.24) is 5.32 Å². The molecule has 0 spiro atoms. The van der Waals surface area contributed by atoms with E-state index in [2.05, 4.69) is 24.5 Å². The Morgan fingerprint density at radius 3 is 2.50 bits per heavy atom. The van der Waals surface area contributed by atoms with Gasteiger partial charge in [0.15, 0.2) is 5.78 Å². The van der Waals surface area contributed by atoms with E-state index in [9.17, 15) is 9.59 Å². The van der Waals surface area contributed by atoms with Crippen molar-refractivity contribution in [2.75, 3.05) is 16.8 Å². The number of Topliss-reactive ketones (excluding diaryl/α,β-unsaturated/α-hetero) is 1. The maximum atomic E-state index is 13.8. The monoisotopic (exact) mass is 567 g/mol. The Balaban J connectivity index is 1.60. The number of hydrogen-bond acceptors (Lipinski definition) is 4. The molecule has 2 N–H and O–H groups in total. The lowest BCUT2D eigenvalue weighted by Gasteiger charge is -2.38. The van der Waals surface area contributed by atoms with Gasteiger partial charge >= 0.3 is 0 Å². The second kappa shape index (κ2) is 10.6. The van der Waals surface area contributed by atoms with Gasteiger partial charge in [-0.2, -0.15) is 0 Å². The van der Waals surface area contributed by atoms with Crippen LogP contribution in [0.2, 0.25) is 15.1 Å². The van der Waals surface area contributed by atoms with Crippen molar-refractivity contribution in [1.29, 1.82) is 0 Å². The second-order valence-electron chi connectivity index (χ2n) is 10.5. The SMILES string of the molecule is CC1(C)CC(=O)C2=C(C1)Nc1ccccc1N(CC(=O)NCc1ccccc1Cl)C2c1ccc(Cl)cc1Cl. The first kappa shape index (κ1) is 26.6. The summed E-state index contributed by atoms with van der Waals surface area (Å²) < 4.78 is 0. The first-order valence-corrected chi connectivity index (χ1v) is 13.6. The van der Waals surface area contributed by atoms with Crippen molar-refractivity contribution in [3.8, 4) is 0 Å². The third-order valence-electron chi connectivity index (χ3n) is 7.01. The zero-order chi connectivity index (χ0) is 27.0. The summed E-state index contributed by atoms with van der Waals surface area (Å²) in [6.45, 7) is 4.48. The Bertz CT molecular complexity index is 1450. The fraction of sp³-hybridized carbons (Fsp3) is 0.267. The molecule has 0 saturated carbocycles. The van der Waals surface area contributed by atoms with Crippen LogP contribution in [0.4, 0.5) is 11.4 Å². The lowest BCUT2D eigenvalue weighted by atomic mass is 9.73. The summed E-state index contributed by atoms with van der Waals surface area (Å²) in [5.41, 5.74) is 4.46. The van der Waals surface area contributed by atoms with Gasteiger partial charge in [0.1, 0.15) is 0 Å². The molecule has 1 aliphatic carbocycles. The number of para-hydroxylation sites is 2. The minimum Gasteiger partial charge on any atom is -0.357 e. The summed E-state index contributed by atoms with van der Waals surface area (Å²) in [5.74, 6) is -0.170. The number of benzene rings is 3. The van der Waals surface area contributed by atoms with Gasteiger partial charge in [-0.15, -0.1) is 0 Å². The van der Waals surface area contributed by atoms with Gasteiger partial charge in [0.25, 0.3) is 0 Å². The van der Waals surface area contributed by atoms with Gasteiger partial charge in [-0.25, -0.2) is 0 Å². The van der Waals surface area contributed by atoms with Crippen LogP contribution in [-0.4, -0.2) is 18.2 Å². The fourth-order valence-corrected chi connectivity index (χ4v) is 6.03. The van der Waals surface area contributed by atoms with Gasteiger partial charge in [0.2, 0.25) is 5.91 Å². The number of anilines is 2. The molecular formula is C30H28Cl3N3O2. The molecular weight excluding hydrogens is 541 g/mol. The van der Waals surface area contributed by atoms with E-state index >= 15 is 0 Å². The fourth-order valence-electron chi connectivity index (χ4n) is 5.32. The van der Waals surface area contributed by atoms with E-state index in [1.165, 1.54) is 0 Å². The van der Waals surface area contributed by atoms with Crippen LogP contribution in [0.3, 0.4) is 0 Å². The Hall–Kier alpha value is -2.99. The molecule has 5 nitrogen and oxygen atoms in total. The summed E-state index contributed by atoms with van der Waals surface area (Å²) in [7, 11) is 0.